The van der Waals surface area contributed by atoms with Crippen molar-refractivity contribution >= 4 is 7.82 Å². The van der Waals surface area contributed by atoms with Crippen LogP contribution >= 0.6 is 7.82 Å². The summed E-state index contributed by atoms with van der Waals surface area (Å²) in [4.78, 5) is 20.5. The lowest BCUT2D eigenvalue weighted by atomic mass is 10.0. The molecule has 0 fully saturated rings. The summed E-state index contributed by atoms with van der Waals surface area (Å²) in [6.45, 7) is 2.15. The lowest BCUT2D eigenvalue weighted by Gasteiger charge is -2.28. The van der Waals surface area contributed by atoms with Crippen molar-refractivity contribution in [3.05, 3.63) is 35.4 Å². The van der Waals surface area contributed by atoms with Gasteiger partial charge in [0, 0.05) is 0 Å². The number of hydrogen-bond acceptors (Lipinski definition) is 4. The number of phosphoric ester groups is 1. The first-order chi connectivity index (χ1) is 9.01. The summed E-state index contributed by atoms with van der Waals surface area (Å²) in [6.07, 6.45) is 6.04. The van der Waals surface area contributed by atoms with E-state index in [-0.39, 0.29) is 6.61 Å². The SMILES string of the molecule is CCCCCc1ccc(CCCOP(=O)([O-])[O-])cc1. The summed E-state index contributed by atoms with van der Waals surface area (Å²) >= 11 is 0. The van der Waals surface area contributed by atoms with E-state index in [9.17, 15) is 14.4 Å². The van der Waals surface area contributed by atoms with Gasteiger partial charge in [0.05, 0.1) is 14.4 Å². The zero-order chi connectivity index (χ0) is 14.1. The number of benzene rings is 1. The maximum Gasteiger partial charge on any atom is 0.0596 e. The molecule has 0 radical (unpaired) electrons. The van der Waals surface area contributed by atoms with Gasteiger partial charge in [-0.25, -0.2) is 0 Å². The molecule has 0 N–H and O–H groups in total. The maximum absolute atomic E-state index is 10.3. The molecule has 0 aliphatic heterocycles. The molecule has 0 saturated heterocycles. The van der Waals surface area contributed by atoms with Crippen molar-refractivity contribution in [2.75, 3.05) is 6.61 Å². The van der Waals surface area contributed by atoms with Gasteiger partial charge < -0.3 is 18.9 Å². The van der Waals surface area contributed by atoms with Gasteiger partial charge in [0.2, 0.25) is 0 Å². The second kappa shape index (κ2) is 8.49. The Hall–Kier alpha value is -0.670. The van der Waals surface area contributed by atoms with Gasteiger partial charge in [-0.3, -0.25) is 0 Å². The molecular formula is C14H21O4P-2. The molecule has 108 valence electrons. The largest absolute Gasteiger partial charge is 0.790 e. The van der Waals surface area contributed by atoms with Crippen LogP contribution in [0.2, 0.25) is 0 Å². The topological polar surface area (TPSA) is 72.4 Å². The zero-order valence-corrected chi connectivity index (χ0v) is 12.2. The van der Waals surface area contributed by atoms with Crippen molar-refractivity contribution in [1.29, 1.82) is 0 Å². The third-order valence-electron chi connectivity index (χ3n) is 2.95. The Kier molecular flexibility index (Phi) is 7.32. The fourth-order valence-corrected chi connectivity index (χ4v) is 2.26. The molecule has 19 heavy (non-hydrogen) atoms. The quantitative estimate of drug-likeness (QED) is 0.514. The number of aryl methyl sites for hydroxylation is 2. The van der Waals surface area contributed by atoms with Crippen molar-refractivity contribution < 1.29 is 18.9 Å². The summed E-state index contributed by atoms with van der Waals surface area (Å²) < 4.78 is 14.4. The van der Waals surface area contributed by atoms with E-state index in [1.165, 1.54) is 24.8 Å². The van der Waals surface area contributed by atoms with E-state index >= 15 is 0 Å². The molecule has 4 nitrogen and oxygen atoms in total. The summed E-state index contributed by atoms with van der Waals surface area (Å²) in [5, 5.41) is 0. The molecule has 0 bridgehead atoms. The van der Waals surface area contributed by atoms with Crippen molar-refractivity contribution in [2.24, 2.45) is 0 Å². The third-order valence-corrected chi connectivity index (χ3v) is 3.45. The second-order valence-corrected chi connectivity index (χ2v) is 5.81. The highest BCUT2D eigenvalue weighted by Crippen LogP contribution is 2.24. The van der Waals surface area contributed by atoms with Crippen LogP contribution < -0.4 is 9.79 Å². The van der Waals surface area contributed by atoms with Crippen molar-refractivity contribution in [3.8, 4) is 0 Å². The lowest BCUT2D eigenvalue weighted by Crippen LogP contribution is -2.16. The molecule has 0 amide bonds. The number of phosphoric acid groups is 1. The Morgan fingerprint density at radius 3 is 2.00 bits per heavy atom. The van der Waals surface area contributed by atoms with Gasteiger partial charge in [0.1, 0.15) is 0 Å². The van der Waals surface area contributed by atoms with Gasteiger partial charge in [0.15, 0.2) is 0 Å². The van der Waals surface area contributed by atoms with Crippen LogP contribution in [0.25, 0.3) is 0 Å². The molecule has 0 spiro atoms. The van der Waals surface area contributed by atoms with E-state index in [2.05, 4.69) is 35.7 Å². The molecule has 0 unspecified atom stereocenters. The van der Waals surface area contributed by atoms with E-state index in [1.807, 2.05) is 0 Å². The van der Waals surface area contributed by atoms with Crippen molar-refractivity contribution in [2.45, 2.75) is 45.4 Å². The second-order valence-electron chi connectivity index (χ2n) is 4.66. The van der Waals surface area contributed by atoms with E-state index in [0.717, 1.165) is 18.4 Å². The van der Waals surface area contributed by atoms with Crippen LogP contribution in [0, 0.1) is 0 Å². The minimum Gasteiger partial charge on any atom is -0.790 e. The van der Waals surface area contributed by atoms with Crippen molar-refractivity contribution in [3.63, 3.8) is 0 Å². The van der Waals surface area contributed by atoms with Gasteiger partial charge in [-0.15, -0.1) is 0 Å². The minimum absolute atomic E-state index is 0.0392. The Bertz CT molecular complexity index is 396. The number of rotatable bonds is 9. The van der Waals surface area contributed by atoms with E-state index in [0.29, 0.717) is 6.42 Å². The van der Waals surface area contributed by atoms with Crippen LogP contribution in [0.3, 0.4) is 0 Å². The van der Waals surface area contributed by atoms with Crippen molar-refractivity contribution in [1.82, 2.24) is 0 Å². The molecule has 0 atom stereocenters. The minimum atomic E-state index is -4.81. The van der Waals surface area contributed by atoms with E-state index < -0.39 is 7.82 Å². The number of unbranched alkanes of at least 4 members (excludes halogenated alkanes) is 2. The Morgan fingerprint density at radius 1 is 1.00 bits per heavy atom. The fraction of sp³-hybridized carbons (Fsp3) is 0.571. The highest BCUT2D eigenvalue weighted by molar-refractivity contribution is 7.43. The Morgan fingerprint density at radius 2 is 1.53 bits per heavy atom. The standard InChI is InChI=1S/C14H23O4P/c1-2-3-4-6-13-8-10-14(11-9-13)7-5-12-18-19(15,16)17/h8-11H,2-7,12H2,1H3,(H2,15,16,17)/p-2. The first-order valence-electron chi connectivity index (χ1n) is 6.75. The van der Waals surface area contributed by atoms with Gasteiger partial charge in [-0.05, 0) is 36.8 Å². The monoisotopic (exact) mass is 284 g/mol. The lowest BCUT2D eigenvalue weighted by molar-refractivity contribution is -0.341. The first-order valence-corrected chi connectivity index (χ1v) is 8.22. The summed E-state index contributed by atoms with van der Waals surface area (Å²) in [7, 11) is -4.81. The highest BCUT2D eigenvalue weighted by Gasteiger charge is 1.97. The summed E-state index contributed by atoms with van der Waals surface area (Å²) in [5.74, 6) is 0. The zero-order valence-electron chi connectivity index (χ0n) is 11.3. The molecule has 0 aromatic heterocycles. The third kappa shape index (κ3) is 8.17. The van der Waals surface area contributed by atoms with Gasteiger partial charge >= 0.3 is 0 Å². The average Bonchev–Trinajstić information content (AvgIpc) is 2.36. The smallest absolute Gasteiger partial charge is 0.0596 e. The van der Waals surface area contributed by atoms with Crippen LogP contribution in [0.15, 0.2) is 24.3 Å². The van der Waals surface area contributed by atoms with Gasteiger partial charge in [-0.1, -0.05) is 44.0 Å². The summed E-state index contributed by atoms with van der Waals surface area (Å²) in [6, 6.07) is 8.32. The normalized spacial score (nSPS) is 11.7. The van der Waals surface area contributed by atoms with Crippen LogP contribution in [0.1, 0.15) is 43.7 Å². The summed E-state index contributed by atoms with van der Waals surface area (Å²) in [5.41, 5.74) is 2.46. The molecule has 1 aromatic rings. The van der Waals surface area contributed by atoms with Gasteiger partial charge in [-0.2, -0.15) is 0 Å². The Labute approximate surface area is 115 Å². The van der Waals surface area contributed by atoms with E-state index in [1.54, 1.807) is 0 Å². The molecule has 0 heterocycles. The maximum atomic E-state index is 10.3. The molecular weight excluding hydrogens is 263 g/mol. The molecule has 1 rings (SSSR count). The molecule has 5 heteroatoms. The predicted octanol–water partition coefficient (Wildman–Crippen LogP) is 2.20. The molecule has 0 aliphatic carbocycles. The number of hydrogen-bond donors (Lipinski definition) is 0. The Balaban J connectivity index is 2.26. The highest BCUT2D eigenvalue weighted by atomic mass is 31.2. The predicted molar refractivity (Wildman–Crippen MR) is 71.6 cm³/mol. The molecule has 0 saturated carbocycles. The first kappa shape index (κ1) is 16.4. The van der Waals surface area contributed by atoms with Crippen LogP contribution in [-0.2, 0) is 21.9 Å². The van der Waals surface area contributed by atoms with Gasteiger partial charge in [0.25, 0.3) is 0 Å². The van der Waals surface area contributed by atoms with Crippen LogP contribution in [-0.4, -0.2) is 6.61 Å². The van der Waals surface area contributed by atoms with Crippen LogP contribution in [0.4, 0.5) is 0 Å². The van der Waals surface area contributed by atoms with E-state index in [4.69, 9.17) is 0 Å². The molecule has 1 aromatic carbocycles. The fourth-order valence-electron chi connectivity index (χ4n) is 1.90. The molecule has 0 aliphatic rings. The van der Waals surface area contributed by atoms with Crippen LogP contribution in [0.5, 0.6) is 0 Å². The average molecular weight is 284 g/mol.